The van der Waals surface area contributed by atoms with Crippen LogP contribution in [0.2, 0.25) is 5.02 Å². The van der Waals surface area contributed by atoms with Crippen LogP contribution < -0.4 is 19.9 Å². The molecular weight excluding hydrogens is 376 g/mol. The molecule has 28 heavy (non-hydrogen) atoms. The number of halogens is 1. The molecule has 2 N–H and O–H groups in total. The quantitative estimate of drug-likeness (QED) is 0.806. The van der Waals surface area contributed by atoms with Crippen LogP contribution in [0.5, 0.6) is 5.75 Å². The lowest BCUT2D eigenvalue weighted by molar-refractivity contribution is -0.914. The number of nitriles is 1. The lowest BCUT2D eigenvalue weighted by atomic mass is 10.1. The Balaban J connectivity index is 1.59. The smallest absolute Gasteiger partial charge is 0.282 e. The number of hydrogen-bond acceptors (Lipinski definition) is 4. The Labute approximate surface area is 170 Å². The number of methoxy groups -OCH3 is 1. The largest absolute Gasteiger partial charge is 0.495 e. The number of anilines is 2. The van der Waals surface area contributed by atoms with Gasteiger partial charge in [0.05, 0.1) is 49.6 Å². The zero-order valence-electron chi connectivity index (χ0n) is 16.0. The van der Waals surface area contributed by atoms with E-state index in [1.807, 2.05) is 31.2 Å². The van der Waals surface area contributed by atoms with E-state index in [4.69, 9.17) is 21.6 Å². The van der Waals surface area contributed by atoms with Gasteiger partial charge in [0, 0.05) is 5.69 Å². The fourth-order valence-corrected chi connectivity index (χ4v) is 3.70. The Bertz CT molecular complexity index is 888. The van der Waals surface area contributed by atoms with Gasteiger partial charge < -0.3 is 19.9 Å². The molecule has 6 nitrogen and oxygen atoms in total. The predicted molar refractivity (Wildman–Crippen MR) is 110 cm³/mol. The highest BCUT2D eigenvalue weighted by Gasteiger charge is 2.30. The number of carbonyl (C=O) groups excluding carboxylic acids is 1. The molecule has 146 valence electrons. The van der Waals surface area contributed by atoms with Crippen molar-refractivity contribution in [3.8, 4) is 11.8 Å². The van der Waals surface area contributed by atoms with E-state index in [0.29, 0.717) is 16.3 Å². The second-order valence-corrected chi connectivity index (χ2v) is 7.24. The molecule has 1 aliphatic heterocycles. The van der Waals surface area contributed by atoms with Gasteiger partial charge in [0.1, 0.15) is 11.8 Å². The molecule has 2 aromatic carbocycles. The highest BCUT2D eigenvalue weighted by atomic mass is 35.5. The summed E-state index contributed by atoms with van der Waals surface area (Å²) < 4.78 is 5.46. The molecule has 1 amide bonds. The third kappa shape index (κ3) is 4.38. The predicted octanol–water partition coefficient (Wildman–Crippen LogP) is 1.95. The number of rotatable bonds is 5. The summed E-state index contributed by atoms with van der Waals surface area (Å²) in [6.07, 6.45) is 0. The Kier molecular flexibility index (Phi) is 6.40. The van der Waals surface area contributed by atoms with Crippen molar-refractivity contribution in [1.82, 2.24) is 0 Å². The van der Waals surface area contributed by atoms with Crippen LogP contribution in [0.15, 0.2) is 42.5 Å². The molecule has 1 aliphatic rings. The lowest BCUT2D eigenvalue weighted by Crippen LogP contribution is -3.19. The minimum atomic E-state index is -0.186. The average molecular weight is 400 g/mol. The summed E-state index contributed by atoms with van der Waals surface area (Å²) >= 11 is 6.05. The van der Waals surface area contributed by atoms with E-state index >= 15 is 0 Å². The number of hydrogen-bond donors (Lipinski definition) is 2. The minimum Gasteiger partial charge on any atom is -0.495 e. The van der Waals surface area contributed by atoms with Crippen LogP contribution in [-0.4, -0.2) is 45.2 Å². The van der Waals surface area contributed by atoms with E-state index in [9.17, 15) is 4.79 Å². The molecule has 0 unspecified atom stereocenters. The van der Waals surface area contributed by atoms with Crippen LogP contribution in [0.3, 0.4) is 0 Å². The van der Waals surface area contributed by atoms with E-state index in [-0.39, 0.29) is 11.9 Å². The summed E-state index contributed by atoms with van der Waals surface area (Å²) in [5, 5.41) is 12.2. The third-order valence-electron chi connectivity index (χ3n) is 5.19. The number of nitrogens with zero attached hydrogens (tertiary/aromatic N) is 2. The maximum Gasteiger partial charge on any atom is 0.282 e. The van der Waals surface area contributed by atoms with E-state index in [1.54, 1.807) is 25.3 Å². The fraction of sp³-hybridized carbons (Fsp3) is 0.333. The van der Waals surface area contributed by atoms with Crippen LogP contribution >= 0.6 is 11.6 Å². The van der Waals surface area contributed by atoms with Crippen LogP contribution in [0, 0.1) is 11.3 Å². The van der Waals surface area contributed by atoms with E-state index in [1.165, 1.54) is 4.90 Å². The molecule has 1 atom stereocenters. The van der Waals surface area contributed by atoms with Crippen molar-refractivity contribution in [1.29, 1.82) is 5.26 Å². The molecular formula is C21H24ClN4O2+. The van der Waals surface area contributed by atoms with Crippen molar-refractivity contribution < 1.29 is 14.4 Å². The second kappa shape index (κ2) is 8.96. The SMILES string of the molecule is COc1ccccc1N1CC[NH+]([C@H](C)C(=O)Nc2ccc(C#N)c(Cl)c2)CC1. The monoisotopic (exact) mass is 399 g/mol. The topological polar surface area (TPSA) is 69.8 Å². The van der Waals surface area contributed by atoms with Crippen LogP contribution in [0.1, 0.15) is 12.5 Å². The highest BCUT2D eigenvalue weighted by molar-refractivity contribution is 6.32. The number of piperazine rings is 1. The van der Waals surface area contributed by atoms with Gasteiger partial charge in [0.25, 0.3) is 5.91 Å². The number of carbonyl (C=O) groups is 1. The van der Waals surface area contributed by atoms with E-state index in [2.05, 4.69) is 16.3 Å². The normalized spacial score (nSPS) is 15.6. The van der Waals surface area contributed by atoms with Crippen molar-refractivity contribution >= 4 is 28.9 Å². The number of amides is 1. The van der Waals surface area contributed by atoms with Gasteiger partial charge in [-0.15, -0.1) is 0 Å². The lowest BCUT2D eigenvalue weighted by Gasteiger charge is -2.36. The first-order valence-electron chi connectivity index (χ1n) is 9.26. The maximum atomic E-state index is 12.7. The average Bonchev–Trinajstić information content (AvgIpc) is 2.73. The number of nitrogens with one attached hydrogen (secondary N) is 2. The first kappa shape index (κ1) is 20.0. The van der Waals surface area contributed by atoms with Crippen molar-refractivity contribution in [3.63, 3.8) is 0 Å². The van der Waals surface area contributed by atoms with E-state index in [0.717, 1.165) is 37.6 Å². The molecule has 0 spiro atoms. The molecule has 7 heteroatoms. The molecule has 0 saturated carbocycles. The number of quaternary nitrogens is 1. The summed E-state index contributed by atoms with van der Waals surface area (Å²) in [6, 6.07) is 14.8. The van der Waals surface area contributed by atoms with Crippen LogP contribution in [0.4, 0.5) is 11.4 Å². The van der Waals surface area contributed by atoms with Gasteiger partial charge in [-0.05, 0) is 37.3 Å². The fourth-order valence-electron chi connectivity index (χ4n) is 3.48. The van der Waals surface area contributed by atoms with Gasteiger partial charge in [-0.25, -0.2) is 0 Å². The van der Waals surface area contributed by atoms with Gasteiger partial charge in [-0.3, -0.25) is 4.79 Å². The van der Waals surface area contributed by atoms with Gasteiger partial charge in [0.2, 0.25) is 0 Å². The second-order valence-electron chi connectivity index (χ2n) is 6.83. The van der Waals surface area contributed by atoms with Crippen molar-refractivity contribution in [2.75, 3.05) is 43.5 Å². The summed E-state index contributed by atoms with van der Waals surface area (Å²) in [5.74, 6) is 0.816. The standard InChI is InChI=1S/C21H23ClN4O2/c1-15(21(27)24-17-8-7-16(14-23)18(22)13-17)25-9-11-26(12-10-25)19-5-3-4-6-20(19)28-2/h3-8,13,15H,9-12H2,1-2H3,(H,24,27)/p+1/t15-/m1/s1. The van der Waals surface area contributed by atoms with Crippen LogP contribution in [0.25, 0.3) is 0 Å². The highest BCUT2D eigenvalue weighted by Crippen LogP contribution is 2.27. The van der Waals surface area contributed by atoms with Gasteiger partial charge >= 0.3 is 0 Å². The number of ether oxygens (including phenoxy) is 1. The Morgan fingerprint density at radius 1 is 1.29 bits per heavy atom. The molecule has 1 saturated heterocycles. The van der Waals surface area contributed by atoms with Crippen molar-refractivity contribution in [3.05, 3.63) is 53.1 Å². The van der Waals surface area contributed by atoms with Gasteiger partial charge in [-0.2, -0.15) is 5.26 Å². The van der Waals surface area contributed by atoms with Crippen LogP contribution in [-0.2, 0) is 4.79 Å². The summed E-state index contributed by atoms with van der Waals surface area (Å²) in [7, 11) is 1.68. The summed E-state index contributed by atoms with van der Waals surface area (Å²) in [4.78, 5) is 16.2. The molecule has 0 aromatic heterocycles. The Hall–Kier alpha value is -2.75. The Morgan fingerprint density at radius 2 is 2.00 bits per heavy atom. The molecule has 0 aliphatic carbocycles. The van der Waals surface area contributed by atoms with Crippen molar-refractivity contribution in [2.45, 2.75) is 13.0 Å². The molecule has 2 aromatic rings. The first-order chi connectivity index (χ1) is 13.5. The Morgan fingerprint density at radius 3 is 2.64 bits per heavy atom. The minimum absolute atomic E-state index is 0.0542. The summed E-state index contributed by atoms with van der Waals surface area (Å²) in [5.41, 5.74) is 2.09. The molecule has 3 rings (SSSR count). The zero-order valence-corrected chi connectivity index (χ0v) is 16.8. The molecule has 0 radical (unpaired) electrons. The van der Waals surface area contributed by atoms with Gasteiger partial charge in [-0.1, -0.05) is 23.7 Å². The summed E-state index contributed by atoms with van der Waals surface area (Å²) in [6.45, 7) is 5.38. The molecule has 0 bridgehead atoms. The number of para-hydroxylation sites is 2. The van der Waals surface area contributed by atoms with E-state index < -0.39 is 0 Å². The third-order valence-corrected chi connectivity index (χ3v) is 5.51. The molecule has 1 heterocycles. The first-order valence-corrected chi connectivity index (χ1v) is 9.64. The van der Waals surface area contributed by atoms with Gasteiger partial charge in [0.15, 0.2) is 6.04 Å². The zero-order chi connectivity index (χ0) is 20.1. The van der Waals surface area contributed by atoms with Crippen molar-refractivity contribution in [2.24, 2.45) is 0 Å². The number of benzene rings is 2. The maximum absolute atomic E-state index is 12.7. The molecule has 1 fully saturated rings.